The highest BCUT2D eigenvalue weighted by Crippen LogP contribution is 2.22. The molecule has 26 heavy (non-hydrogen) atoms. The van der Waals surface area contributed by atoms with Gasteiger partial charge in [0, 0.05) is 39.2 Å². The van der Waals surface area contributed by atoms with E-state index in [9.17, 15) is 4.79 Å². The predicted molar refractivity (Wildman–Crippen MR) is 102 cm³/mol. The van der Waals surface area contributed by atoms with Crippen LogP contribution < -0.4 is 0 Å². The first-order valence-electron chi connectivity index (χ1n) is 9.68. The predicted octanol–water partition coefficient (Wildman–Crippen LogP) is 3.22. The largest absolute Gasteiger partial charge is 0.383 e. The molecule has 1 fully saturated rings. The lowest BCUT2D eigenvalue weighted by atomic mass is 9.99. The third-order valence-corrected chi connectivity index (χ3v) is 5.30. The molecule has 1 amide bonds. The van der Waals surface area contributed by atoms with Gasteiger partial charge in [-0.2, -0.15) is 0 Å². The van der Waals surface area contributed by atoms with Crippen molar-refractivity contribution >= 4 is 17.1 Å². The van der Waals surface area contributed by atoms with E-state index in [1.54, 1.807) is 13.3 Å². The number of likely N-dealkylation sites (tertiary alicyclic amines) is 1. The Labute approximate surface area is 155 Å². The molecule has 2 aromatic rings. The minimum absolute atomic E-state index is 0.161. The molecule has 0 unspecified atom stereocenters. The molecule has 6 heteroatoms. The highest BCUT2D eigenvalue weighted by molar-refractivity contribution is 5.76. The average Bonchev–Trinajstić information content (AvgIpc) is 3.00. The molecule has 2 aromatic heterocycles. The Morgan fingerprint density at radius 2 is 2.15 bits per heavy atom. The summed E-state index contributed by atoms with van der Waals surface area (Å²) in [4.78, 5) is 23.7. The van der Waals surface area contributed by atoms with Gasteiger partial charge in [-0.15, -0.1) is 0 Å². The van der Waals surface area contributed by atoms with Gasteiger partial charge in [-0.05, 0) is 44.2 Å². The Bertz CT molecular complexity index is 734. The number of aryl methyl sites for hydroxylation is 1. The summed E-state index contributed by atoms with van der Waals surface area (Å²) in [6, 6.07) is 4.06. The van der Waals surface area contributed by atoms with E-state index in [1.807, 2.05) is 17.0 Å². The number of carbonyl (C=O) groups is 1. The third kappa shape index (κ3) is 4.23. The Kier molecular flexibility index (Phi) is 6.25. The number of imidazole rings is 1. The maximum atomic E-state index is 12.5. The van der Waals surface area contributed by atoms with Crippen LogP contribution in [0.3, 0.4) is 0 Å². The summed E-state index contributed by atoms with van der Waals surface area (Å²) in [5.41, 5.74) is 1.80. The van der Waals surface area contributed by atoms with E-state index >= 15 is 0 Å². The number of amides is 1. The Morgan fingerprint density at radius 1 is 1.38 bits per heavy atom. The molecule has 3 heterocycles. The molecule has 0 aliphatic carbocycles. The quantitative estimate of drug-likeness (QED) is 0.762. The zero-order valence-electron chi connectivity index (χ0n) is 16.1. The third-order valence-electron chi connectivity index (χ3n) is 5.30. The smallest absolute Gasteiger partial charge is 0.222 e. The number of nitrogens with zero attached hydrogens (tertiary/aromatic N) is 4. The number of ether oxygens (including phenoxy) is 1. The molecule has 0 N–H and O–H groups in total. The van der Waals surface area contributed by atoms with Gasteiger partial charge in [0.15, 0.2) is 5.65 Å². The van der Waals surface area contributed by atoms with Crippen LogP contribution >= 0.6 is 0 Å². The minimum Gasteiger partial charge on any atom is -0.383 e. The fourth-order valence-electron chi connectivity index (χ4n) is 3.75. The van der Waals surface area contributed by atoms with Crippen LogP contribution in [0, 0.1) is 5.92 Å². The monoisotopic (exact) mass is 358 g/mol. The van der Waals surface area contributed by atoms with E-state index < -0.39 is 0 Å². The van der Waals surface area contributed by atoms with Gasteiger partial charge in [-0.25, -0.2) is 9.97 Å². The molecular formula is C20H30N4O2. The Morgan fingerprint density at radius 3 is 2.88 bits per heavy atom. The number of fused-ring (bicyclic) bond motifs is 1. The fourth-order valence-corrected chi connectivity index (χ4v) is 3.75. The van der Waals surface area contributed by atoms with E-state index in [0.29, 0.717) is 13.0 Å². The Balaban J connectivity index is 1.65. The van der Waals surface area contributed by atoms with Crippen molar-refractivity contribution in [2.75, 3.05) is 26.8 Å². The standard InChI is InChI=1S/C20H30N4O2/c1-15-9-12-23(13-10-15)19(25)8-4-7-18-22-17-6-5-11-21-20(17)24(18)16(2)14-26-3/h5-6,11,15-16H,4,7-10,12-14H2,1-3H3/t16-/m1/s1. The van der Waals surface area contributed by atoms with Crippen LogP contribution in [0.25, 0.3) is 11.2 Å². The number of hydrogen-bond donors (Lipinski definition) is 0. The van der Waals surface area contributed by atoms with Crippen molar-refractivity contribution in [2.24, 2.45) is 5.92 Å². The van der Waals surface area contributed by atoms with Crippen molar-refractivity contribution in [3.05, 3.63) is 24.2 Å². The van der Waals surface area contributed by atoms with Crippen molar-refractivity contribution in [3.63, 3.8) is 0 Å². The molecule has 0 spiro atoms. The van der Waals surface area contributed by atoms with Gasteiger partial charge in [0.2, 0.25) is 5.91 Å². The van der Waals surface area contributed by atoms with Gasteiger partial charge in [0.05, 0.1) is 12.6 Å². The van der Waals surface area contributed by atoms with E-state index in [4.69, 9.17) is 9.72 Å². The van der Waals surface area contributed by atoms with E-state index in [2.05, 4.69) is 23.4 Å². The average molecular weight is 358 g/mol. The van der Waals surface area contributed by atoms with Crippen molar-refractivity contribution in [2.45, 2.75) is 52.0 Å². The summed E-state index contributed by atoms with van der Waals surface area (Å²) < 4.78 is 7.48. The summed E-state index contributed by atoms with van der Waals surface area (Å²) in [5, 5.41) is 0. The van der Waals surface area contributed by atoms with E-state index in [0.717, 1.165) is 61.7 Å². The molecule has 3 rings (SSSR count). The topological polar surface area (TPSA) is 60.2 Å². The van der Waals surface area contributed by atoms with Gasteiger partial charge in [0.1, 0.15) is 11.3 Å². The lowest BCUT2D eigenvalue weighted by molar-refractivity contribution is -0.132. The maximum absolute atomic E-state index is 12.5. The summed E-state index contributed by atoms with van der Waals surface area (Å²) in [5.74, 6) is 2.01. The second kappa shape index (κ2) is 8.62. The van der Waals surface area contributed by atoms with Gasteiger partial charge < -0.3 is 14.2 Å². The van der Waals surface area contributed by atoms with Crippen LogP contribution in [0.15, 0.2) is 18.3 Å². The lowest BCUT2D eigenvalue weighted by Gasteiger charge is -2.30. The van der Waals surface area contributed by atoms with Gasteiger partial charge in [-0.1, -0.05) is 6.92 Å². The zero-order chi connectivity index (χ0) is 18.5. The summed E-state index contributed by atoms with van der Waals surface area (Å²) in [7, 11) is 1.71. The second-order valence-electron chi connectivity index (χ2n) is 7.47. The molecular weight excluding hydrogens is 328 g/mol. The lowest BCUT2D eigenvalue weighted by Crippen LogP contribution is -2.37. The number of piperidine rings is 1. The normalized spacial score (nSPS) is 17.0. The van der Waals surface area contributed by atoms with Crippen LogP contribution in [-0.4, -0.2) is 52.1 Å². The molecule has 1 aliphatic rings. The summed E-state index contributed by atoms with van der Waals surface area (Å²) >= 11 is 0. The molecule has 1 atom stereocenters. The van der Waals surface area contributed by atoms with Crippen LogP contribution in [-0.2, 0) is 16.0 Å². The molecule has 6 nitrogen and oxygen atoms in total. The minimum atomic E-state index is 0.161. The summed E-state index contributed by atoms with van der Waals surface area (Å²) in [6.45, 7) is 6.81. The van der Waals surface area contributed by atoms with E-state index in [1.165, 1.54) is 0 Å². The van der Waals surface area contributed by atoms with Crippen LogP contribution in [0.4, 0.5) is 0 Å². The van der Waals surface area contributed by atoms with Gasteiger partial charge in [0.25, 0.3) is 0 Å². The fraction of sp³-hybridized carbons (Fsp3) is 0.650. The number of pyridine rings is 1. The number of hydrogen-bond acceptors (Lipinski definition) is 4. The van der Waals surface area contributed by atoms with Crippen LogP contribution in [0.5, 0.6) is 0 Å². The molecule has 0 radical (unpaired) electrons. The highest BCUT2D eigenvalue weighted by Gasteiger charge is 2.21. The molecule has 0 saturated carbocycles. The van der Waals surface area contributed by atoms with Crippen molar-refractivity contribution in [1.82, 2.24) is 19.4 Å². The van der Waals surface area contributed by atoms with E-state index in [-0.39, 0.29) is 11.9 Å². The highest BCUT2D eigenvalue weighted by atomic mass is 16.5. The Hall–Kier alpha value is -1.95. The maximum Gasteiger partial charge on any atom is 0.222 e. The first-order chi connectivity index (χ1) is 12.6. The molecule has 1 saturated heterocycles. The molecule has 1 aliphatic heterocycles. The van der Waals surface area contributed by atoms with Gasteiger partial charge in [-0.3, -0.25) is 4.79 Å². The van der Waals surface area contributed by atoms with Crippen molar-refractivity contribution in [1.29, 1.82) is 0 Å². The van der Waals surface area contributed by atoms with Crippen LogP contribution in [0.1, 0.15) is 51.4 Å². The van der Waals surface area contributed by atoms with Crippen LogP contribution in [0.2, 0.25) is 0 Å². The number of rotatable bonds is 7. The van der Waals surface area contributed by atoms with Crippen molar-refractivity contribution < 1.29 is 9.53 Å². The number of aromatic nitrogens is 3. The summed E-state index contributed by atoms with van der Waals surface area (Å²) in [6.07, 6.45) is 6.23. The molecule has 142 valence electrons. The van der Waals surface area contributed by atoms with Crippen molar-refractivity contribution in [3.8, 4) is 0 Å². The SMILES string of the molecule is COC[C@@H](C)n1c(CCCC(=O)N2CCC(C)CC2)nc2cccnc21. The first kappa shape index (κ1) is 18.8. The first-order valence-corrected chi connectivity index (χ1v) is 9.68. The molecule has 0 bridgehead atoms. The molecule has 0 aromatic carbocycles. The zero-order valence-corrected chi connectivity index (χ0v) is 16.1. The second-order valence-corrected chi connectivity index (χ2v) is 7.47. The number of carbonyl (C=O) groups excluding carboxylic acids is 1. The van der Waals surface area contributed by atoms with Gasteiger partial charge >= 0.3 is 0 Å². The number of methoxy groups -OCH3 is 1.